The number of carbonyl (C=O) groups is 1. The molecule has 0 aliphatic heterocycles. The van der Waals surface area contributed by atoms with Gasteiger partial charge in [-0.3, -0.25) is 4.79 Å². The summed E-state index contributed by atoms with van der Waals surface area (Å²) in [4.78, 5) is 12.2. The minimum atomic E-state index is -0.375. The van der Waals surface area contributed by atoms with Gasteiger partial charge in [0.05, 0.1) is 18.8 Å². The summed E-state index contributed by atoms with van der Waals surface area (Å²) in [6, 6.07) is 4.94. The number of rotatable bonds is 3. The number of hydrogen-bond acceptors (Lipinski definition) is 4. The molecule has 1 aliphatic rings. The molecule has 0 spiro atoms. The van der Waals surface area contributed by atoms with Crippen molar-refractivity contribution in [1.82, 2.24) is 5.32 Å². The summed E-state index contributed by atoms with van der Waals surface area (Å²) in [6.07, 6.45) is 0.197. The SMILES string of the molecule is COc1ccc(N)c(C(=O)NC2CC(O)C2(C)C)c1. The largest absolute Gasteiger partial charge is 0.497 e. The second-order valence-corrected chi connectivity index (χ2v) is 5.55. The predicted octanol–water partition coefficient (Wildman–Crippen LogP) is 1.17. The molecule has 1 aliphatic carbocycles. The summed E-state index contributed by atoms with van der Waals surface area (Å²) in [5.41, 5.74) is 6.32. The minimum Gasteiger partial charge on any atom is -0.497 e. The number of nitrogen functional groups attached to an aromatic ring is 1. The molecule has 2 rings (SSSR count). The zero-order chi connectivity index (χ0) is 14.2. The van der Waals surface area contributed by atoms with Crippen molar-refractivity contribution in [2.45, 2.75) is 32.4 Å². The van der Waals surface area contributed by atoms with Gasteiger partial charge in [0.2, 0.25) is 0 Å². The van der Waals surface area contributed by atoms with Gasteiger partial charge in [-0.25, -0.2) is 0 Å². The maximum absolute atomic E-state index is 12.2. The third kappa shape index (κ3) is 2.38. The standard InChI is InChI=1S/C14H20N2O3/c1-14(2)11(7-12(14)17)16-13(18)9-6-8(19-3)4-5-10(9)15/h4-6,11-12,17H,7,15H2,1-3H3,(H,16,18). The van der Waals surface area contributed by atoms with Gasteiger partial charge in [0.15, 0.2) is 0 Å². The number of nitrogens with two attached hydrogens (primary N) is 1. The zero-order valence-corrected chi connectivity index (χ0v) is 11.4. The van der Waals surface area contributed by atoms with Crippen LogP contribution in [0.15, 0.2) is 18.2 Å². The first-order valence-corrected chi connectivity index (χ1v) is 6.28. The molecule has 0 bridgehead atoms. The van der Waals surface area contributed by atoms with Gasteiger partial charge in [-0.2, -0.15) is 0 Å². The van der Waals surface area contributed by atoms with Gasteiger partial charge in [0, 0.05) is 17.1 Å². The lowest BCUT2D eigenvalue weighted by Gasteiger charge is -2.49. The van der Waals surface area contributed by atoms with E-state index in [4.69, 9.17) is 10.5 Å². The summed E-state index contributed by atoms with van der Waals surface area (Å²) >= 11 is 0. The van der Waals surface area contributed by atoms with E-state index in [-0.39, 0.29) is 23.5 Å². The van der Waals surface area contributed by atoms with E-state index in [9.17, 15) is 9.90 Å². The van der Waals surface area contributed by atoms with Gasteiger partial charge >= 0.3 is 0 Å². The number of nitrogens with one attached hydrogen (secondary N) is 1. The van der Waals surface area contributed by atoms with Crippen molar-refractivity contribution in [2.24, 2.45) is 5.41 Å². The number of carbonyl (C=O) groups excluding carboxylic acids is 1. The van der Waals surface area contributed by atoms with E-state index in [0.29, 0.717) is 23.4 Å². The van der Waals surface area contributed by atoms with Gasteiger partial charge in [-0.05, 0) is 24.6 Å². The molecule has 1 aromatic carbocycles. The second kappa shape index (κ2) is 4.74. The average molecular weight is 264 g/mol. The van der Waals surface area contributed by atoms with Crippen molar-refractivity contribution in [2.75, 3.05) is 12.8 Å². The minimum absolute atomic E-state index is 0.0411. The Hall–Kier alpha value is -1.75. The molecular weight excluding hydrogens is 244 g/mol. The van der Waals surface area contributed by atoms with Gasteiger partial charge in [0.25, 0.3) is 5.91 Å². The first-order chi connectivity index (χ1) is 8.86. The Kier molecular flexibility index (Phi) is 3.41. The number of methoxy groups -OCH3 is 1. The summed E-state index contributed by atoms with van der Waals surface area (Å²) in [5.74, 6) is 0.355. The summed E-state index contributed by atoms with van der Waals surface area (Å²) in [5, 5.41) is 12.6. The Morgan fingerprint density at radius 1 is 1.53 bits per heavy atom. The third-order valence-electron chi connectivity index (χ3n) is 4.03. The second-order valence-electron chi connectivity index (χ2n) is 5.55. The highest BCUT2D eigenvalue weighted by Gasteiger charge is 2.48. The van der Waals surface area contributed by atoms with Crippen LogP contribution in [0.25, 0.3) is 0 Å². The molecule has 1 saturated carbocycles. The fraction of sp³-hybridized carbons (Fsp3) is 0.500. The van der Waals surface area contributed by atoms with E-state index in [0.717, 1.165) is 0 Å². The van der Waals surface area contributed by atoms with Gasteiger partial charge in [-0.1, -0.05) is 13.8 Å². The number of aliphatic hydroxyl groups is 1. The van der Waals surface area contributed by atoms with Gasteiger partial charge < -0.3 is 20.9 Å². The highest BCUT2D eigenvalue weighted by molar-refractivity contribution is 5.99. The lowest BCUT2D eigenvalue weighted by Crippen LogP contribution is -2.61. The van der Waals surface area contributed by atoms with Crippen LogP contribution in [-0.2, 0) is 0 Å². The fourth-order valence-electron chi connectivity index (χ4n) is 2.24. The van der Waals surface area contributed by atoms with Crippen LogP contribution in [0, 0.1) is 5.41 Å². The van der Waals surface area contributed by atoms with Crippen molar-refractivity contribution in [3.63, 3.8) is 0 Å². The Morgan fingerprint density at radius 2 is 2.21 bits per heavy atom. The highest BCUT2D eigenvalue weighted by Crippen LogP contribution is 2.40. The Bertz CT molecular complexity index is 499. The maximum atomic E-state index is 12.2. The number of anilines is 1. The van der Waals surface area contributed by atoms with Crippen molar-refractivity contribution < 1.29 is 14.6 Å². The highest BCUT2D eigenvalue weighted by atomic mass is 16.5. The van der Waals surface area contributed by atoms with Crippen LogP contribution in [0.2, 0.25) is 0 Å². The number of amides is 1. The quantitative estimate of drug-likeness (QED) is 0.715. The molecule has 0 aromatic heterocycles. The van der Waals surface area contributed by atoms with Crippen molar-refractivity contribution in [3.05, 3.63) is 23.8 Å². The van der Waals surface area contributed by atoms with E-state index in [1.807, 2.05) is 13.8 Å². The monoisotopic (exact) mass is 264 g/mol. The van der Waals surface area contributed by atoms with Gasteiger partial charge in [-0.15, -0.1) is 0 Å². The molecule has 0 saturated heterocycles. The van der Waals surface area contributed by atoms with Crippen LogP contribution in [0.5, 0.6) is 5.75 Å². The van der Waals surface area contributed by atoms with Crippen LogP contribution >= 0.6 is 0 Å². The number of benzene rings is 1. The molecule has 2 atom stereocenters. The van der Waals surface area contributed by atoms with Crippen LogP contribution in [-0.4, -0.2) is 30.3 Å². The van der Waals surface area contributed by atoms with Crippen LogP contribution in [0.3, 0.4) is 0 Å². The predicted molar refractivity (Wildman–Crippen MR) is 73.1 cm³/mol. The van der Waals surface area contributed by atoms with E-state index in [1.165, 1.54) is 0 Å². The molecule has 5 nitrogen and oxygen atoms in total. The molecule has 104 valence electrons. The van der Waals surface area contributed by atoms with Gasteiger partial charge in [0.1, 0.15) is 5.75 Å². The molecule has 1 aromatic rings. The molecule has 0 radical (unpaired) electrons. The summed E-state index contributed by atoms with van der Waals surface area (Å²) in [7, 11) is 1.54. The molecule has 1 amide bonds. The number of aliphatic hydroxyl groups excluding tert-OH is 1. The smallest absolute Gasteiger partial charge is 0.253 e. The molecule has 5 heteroatoms. The zero-order valence-electron chi connectivity index (χ0n) is 11.4. The van der Waals surface area contributed by atoms with Crippen LogP contribution in [0.4, 0.5) is 5.69 Å². The van der Waals surface area contributed by atoms with Crippen molar-refractivity contribution in [1.29, 1.82) is 0 Å². The Labute approximate surface area is 112 Å². The van der Waals surface area contributed by atoms with E-state index >= 15 is 0 Å². The third-order valence-corrected chi connectivity index (χ3v) is 4.03. The topological polar surface area (TPSA) is 84.6 Å². The maximum Gasteiger partial charge on any atom is 0.253 e. The Morgan fingerprint density at radius 3 is 2.74 bits per heavy atom. The molecule has 4 N–H and O–H groups in total. The summed E-state index contributed by atoms with van der Waals surface area (Å²) < 4.78 is 5.09. The fourth-order valence-corrected chi connectivity index (χ4v) is 2.24. The number of ether oxygens (including phenoxy) is 1. The van der Waals surface area contributed by atoms with Crippen LogP contribution in [0.1, 0.15) is 30.6 Å². The Balaban J connectivity index is 2.13. The van der Waals surface area contributed by atoms with E-state index in [1.54, 1.807) is 25.3 Å². The van der Waals surface area contributed by atoms with E-state index in [2.05, 4.69) is 5.32 Å². The average Bonchev–Trinajstić information content (AvgIpc) is 2.38. The molecule has 0 heterocycles. The van der Waals surface area contributed by atoms with E-state index < -0.39 is 0 Å². The first-order valence-electron chi connectivity index (χ1n) is 6.28. The molecule has 1 fully saturated rings. The normalized spacial score (nSPS) is 24.4. The molecule has 2 unspecified atom stereocenters. The lowest BCUT2D eigenvalue weighted by molar-refractivity contribution is -0.0689. The van der Waals surface area contributed by atoms with Crippen molar-refractivity contribution >= 4 is 11.6 Å². The molecule has 19 heavy (non-hydrogen) atoms. The summed E-state index contributed by atoms with van der Waals surface area (Å²) in [6.45, 7) is 3.86. The lowest BCUT2D eigenvalue weighted by atomic mass is 9.64. The number of hydrogen-bond donors (Lipinski definition) is 3. The van der Waals surface area contributed by atoms with Crippen molar-refractivity contribution in [3.8, 4) is 5.75 Å². The first kappa shape index (κ1) is 13.7. The van der Waals surface area contributed by atoms with Crippen LogP contribution < -0.4 is 15.8 Å². The molecular formula is C14H20N2O3.